The molecule has 9 heteroatoms. The van der Waals surface area contributed by atoms with Gasteiger partial charge in [-0.2, -0.15) is 0 Å². The molecular weight excluding hydrogens is 454 g/mol. The Hall–Kier alpha value is -3.49. The lowest BCUT2D eigenvalue weighted by Crippen LogP contribution is -2.43. The van der Waals surface area contributed by atoms with Crippen LogP contribution in [0.25, 0.3) is 0 Å². The SMILES string of the molecule is CC[C@H](C)OC(=O)C1=C(C)NC2=C(C(=O)[C@H](C(=O)OC)[C@H](C)C2)[C@H]1c1cc(OC)c(O)c(OC)c1. The molecule has 0 bridgehead atoms. The van der Waals surface area contributed by atoms with Crippen LogP contribution in [0.2, 0.25) is 0 Å². The van der Waals surface area contributed by atoms with Gasteiger partial charge in [0.1, 0.15) is 5.92 Å². The number of phenolic OH excluding ortho intramolecular Hbond substituents is 1. The minimum Gasteiger partial charge on any atom is -0.502 e. The van der Waals surface area contributed by atoms with Crippen LogP contribution in [0.3, 0.4) is 0 Å². The van der Waals surface area contributed by atoms with Crippen molar-refractivity contribution in [2.75, 3.05) is 21.3 Å². The maximum Gasteiger partial charge on any atom is 0.337 e. The summed E-state index contributed by atoms with van der Waals surface area (Å²) in [6.45, 7) is 7.26. The molecule has 9 nitrogen and oxygen atoms in total. The van der Waals surface area contributed by atoms with Gasteiger partial charge in [0.05, 0.1) is 33.0 Å². The average Bonchev–Trinajstić information content (AvgIpc) is 2.82. The molecule has 0 saturated heterocycles. The van der Waals surface area contributed by atoms with E-state index >= 15 is 0 Å². The van der Waals surface area contributed by atoms with E-state index in [1.54, 1.807) is 26.0 Å². The van der Waals surface area contributed by atoms with Gasteiger partial charge in [0.2, 0.25) is 5.75 Å². The molecule has 0 unspecified atom stereocenters. The number of dihydropyridines is 1. The number of carbonyl (C=O) groups excluding carboxylic acids is 3. The summed E-state index contributed by atoms with van der Waals surface area (Å²) in [6, 6.07) is 3.11. The normalized spacial score (nSPS) is 22.7. The van der Waals surface area contributed by atoms with Gasteiger partial charge in [-0.05, 0) is 50.3 Å². The van der Waals surface area contributed by atoms with Crippen molar-refractivity contribution in [3.05, 3.63) is 40.2 Å². The second-order valence-corrected chi connectivity index (χ2v) is 8.93. The first-order valence-corrected chi connectivity index (χ1v) is 11.6. The van der Waals surface area contributed by atoms with Crippen LogP contribution in [0.4, 0.5) is 0 Å². The van der Waals surface area contributed by atoms with Crippen LogP contribution in [-0.4, -0.2) is 50.3 Å². The van der Waals surface area contributed by atoms with Crippen LogP contribution in [0.1, 0.15) is 52.0 Å². The molecule has 35 heavy (non-hydrogen) atoms. The van der Waals surface area contributed by atoms with Gasteiger partial charge in [-0.15, -0.1) is 0 Å². The van der Waals surface area contributed by atoms with Crippen LogP contribution < -0.4 is 14.8 Å². The summed E-state index contributed by atoms with van der Waals surface area (Å²) < 4.78 is 21.2. The van der Waals surface area contributed by atoms with Crippen LogP contribution >= 0.6 is 0 Å². The fraction of sp³-hybridized carbons (Fsp3) is 0.500. The van der Waals surface area contributed by atoms with E-state index in [-0.39, 0.29) is 40.4 Å². The average molecular weight is 488 g/mol. The summed E-state index contributed by atoms with van der Waals surface area (Å²) in [4.78, 5) is 39.7. The van der Waals surface area contributed by atoms with Crippen molar-refractivity contribution in [1.29, 1.82) is 0 Å². The number of esters is 2. The molecule has 1 aromatic carbocycles. The number of benzene rings is 1. The van der Waals surface area contributed by atoms with Crippen molar-refractivity contribution in [1.82, 2.24) is 5.32 Å². The molecule has 0 amide bonds. The zero-order valence-corrected chi connectivity index (χ0v) is 21.2. The molecule has 2 N–H and O–H groups in total. The van der Waals surface area contributed by atoms with E-state index in [1.165, 1.54) is 21.3 Å². The number of rotatable bonds is 7. The Kier molecular flexibility index (Phi) is 7.77. The van der Waals surface area contributed by atoms with Crippen molar-refractivity contribution in [2.24, 2.45) is 11.8 Å². The van der Waals surface area contributed by atoms with Gasteiger partial charge in [0.25, 0.3) is 0 Å². The largest absolute Gasteiger partial charge is 0.502 e. The number of allylic oxidation sites excluding steroid dienone is 3. The molecule has 4 atom stereocenters. The Morgan fingerprint density at radius 1 is 1.17 bits per heavy atom. The van der Waals surface area contributed by atoms with Crippen molar-refractivity contribution in [3.63, 3.8) is 0 Å². The Balaban J connectivity index is 2.27. The number of Topliss-reactive ketones (excluding diaryl/α,β-unsaturated/α-hetero) is 1. The third-order valence-electron chi connectivity index (χ3n) is 6.68. The summed E-state index contributed by atoms with van der Waals surface area (Å²) >= 11 is 0. The molecule has 2 aliphatic rings. The smallest absolute Gasteiger partial charge is 0.337 e. The van der Waals surface area contributed by atoms with Crippen LogP contribution in [0.15, 0.2) is 34.7 Å². The number of aromatic hydroxyl groups is 1. The summed E-state index contributed by atoms with van der Waals surface area (Å²) in [5.41, 5.74) is 2.19. The number of nitrogens with one attached hydrogen (secondary N) is 1. The summed E-state index contributed by atoms with van der Waals surface area (Å²) in [5, 5.41) is 13.7. The molecule has 0 fully saturated rings. The molecule has 1 aliphatic heterocycles. The van der Waals surface area contributed by atoms with Crippen molar-refractivity contribution >= 4 is 17.7 Å². The second kappa shape index (κ2) is 10.4. The van der Waals surface area contributed by atoms with E-state index in [0.717, 1.165) is 0 Å². The van der Waals surface area contributed by atoms with E-state index < -0.39 is 29.6 Å². The topological polar surface area (TPSA) is 120 Å². The van der Waals surface area contributed by atoms with Gasteiger partial charge < -0.3 is 29.4 Å². The number of methoxy groups -OCH3 is 3. The first kappa shape index (κ1) is 26.1. The summed E-state index contributed by atoms with van der Waals surface area (Å²) in [5.74, 6) is -3.77. The molecule has 3 rings (SSSR count). The third-order valence-corrected chi connectivity index (χ3v) is 6.68. The van der Waals surface area contributed by atoms with Crippen LogP contribution in [0, 0.1) is 11.8 Å². The highest BCUT2D eigenvalue weighted by molar-refractivity contribution is 6.12. The van der Waals surface area contributed by atoms with Gasteiger partial charge in [0.15, 0.2) is 17.3 Å². The maximum atomic E-state index is 13.8. The number of carbonyl (C=O) groups is 3. The molecule has 0 aromatic heterocycles. The minimum atomic E-state index is -1.01. The van der Waals surface area contributed by atoms with Crippen LogP contribution in [0.5, 0.6) is 17.2 Å². The third kappa shape index (κ3) is 4.72. The van der Waals surface area contributed by atoms with E-state index in [1.807, 2.05) is 13.8 Å². The Labute approximate surface area is 205 Å². The summed E-state index contributed by atoms with van der Waals surface area (Å²) in [7, 11) is 4.04. The number of phenols is 1. The lowest BCUT2D eigenvalue weighted by Gasteiger charge is -2.38. The van der Waals surface area contributed by atoms with Crippen LogP contribution in [-0.2, 0) is 23.9 Å². The predicted molar refractivity (Wildman–Crippen MR) is 127 cm³/mol. The highest BCUT2D eigenvalue weighted by atomic mass is 16.5. The Morgan fingerprint density at radius 3 is 2.29 bits per heavy atom. The highest BCUT2D eigenvalue weighted by Crippen LogP contribution is 2.48. The molecule has 0 saturated carbocycles. The first-order chi connectivity index (χ1) is 16.6. The van der Waals surface area contributed by atoms with Gasteiger partial charge in [-0.3, -0.25) is 9.59 Å². The van der Waals surface area contributed by atoms with Gasteiger partial charge in [-0.1, -0.05) is 13.8 Å². The first-order valence-electron chi connectivity index (χ1n) is 11.6. The monoisotopic (exact) mass is 487 g/mol. The Bertz CT molecular complexity index is 1080. The zero-order chi connectivity index (χ0) is 26.0. The molecule has 1 aliphatic carbocycles. The minimum absolute atomic E-state index is 0.119. The number of ether oxygens (including phenoxy) is 4. The highest BCUT2D eigenvalue weighted by Gasteiger charge is 2.47. The summed E-state index contributed by atoms with van der Waals surface area (Å²) in [6.07, 6.45) is 0.688. The number of hydrogen-bond donors (Lipinski definition) is 2. The van der Waals surface area contributed by atoms with E-state index in [0.29, 0.717) is 29.8 Å². The molecule has 190 valence electrons. The second-order valence-electron chi connectivity index (χ2n) is 8.93. The van der Waals surface area contributed by atoms with Crippen molar-refractivity contribution in [3.8, 4) is 17.2 Å². The molecule has 0 spiro atoms. The fourth-order valence-corrected chi connectivity index (χ4v) is 4.69. The van der Waals surface area contributed by atoms with Crippen molar-refractivity contribution < 1.29 is 38.4 Å². The Morgan fingerprint density at radius 2 is 1.77 bits per heavy atom. The van der Waals surface area contributed by atoms with Gasteiger partial charge in [-0.25, -0.2) is 4.79 Å². The number of ketones is 1. The zero-order valence-electron chi connectivity index (χ0n) is 21.2. The maximum absolute atomic E-state index is 13.8. The standard InChI is InChI=1S/C26H33NO8/c1-8-13(3)35-26(31)20-14(4)27-16-9-12(2)19(25(30)34-7)24(29)22(16)21(20)15-10-17(32-5)23(28)18(11-15)33-6/h10-13,19,21,27-28H,8-9H2,1-7H3/t12-,13+,19-,21+/m1/s1. The van der Waals surface area contributed by atoms with Crippen molar-refractivity contribution in [2.45, 2.75) is 52.6 Å². The van der Waals surface area contributed by atoms with E-state index in [2.05, 4.69) is 5.32 Å². The lowest BCUT2D eigenvalue weighted by atomic mass is 9.69. The fourth-order valence-electron chi connectivity index (χ4n) is 4.69. The number of hydrogen-bond acceptors (Lipinski definition) is 9. The van der Waals surface area contributed by atoms with Gasteiger partial charge in [0, 0.05) is 22.9 Å². The van der Waals surface area contributed by atoms with E-state index in [4.69, 9.17) is 18.9 Å². The lowest BCUT2D eigenvalue weighted by molar-refractivity contribution is -0.151. The molecular formula is C26H33NO8. The molecule has 1 aromatic rings. The molecule has 1 heterocycles. The predicted octanol–water partition coefficient (Wildman–Crippen LogP) is 3.36. The molecule has 0 radical (unpaired) electrons. The van der Waals surface area contributed by atoms with Gasteiger partial charge >= 0.3 is 11.9 Å². The van der Waals surface area contributed by atoms with E-state index in [9.17, 15) is 19.5 Å². The quantitative estimate of drug-likeness (QED) is 0.440.